The van der Waals surface area contributed by atoms with Gasteiger partial charge in [-0.3, -0.25) is 9.69 Å². The summed E-state index contributed by atoms with van der Waals surface area (Å²) in [6.45, 7) is 5.66. The summed E-state index contributed by atoms with van der Waals surface area (Å²) in [4.78, 5) is 14.6. The van der Waals surface area contributed by atoms with Crippen LogP contribution in [0.3, 0.4) is 0 Å². The van der Waals surface area contributed by atoms with Gasteiger partial charge in [0.1, 0.15) is 11.5 Å². The number of hydrogen-bond acceptors (Lipinski definition) is 5. The maximum atomic E-state index is 12.2. The first-order valence-corrected chi connectivity index (χ1v) is 10.1. The molecule has 0 bridgehead atoms. The Balaban J connectivity index is 1.23. The molecule has 28 heavy (non-hydrogen) atoms. The van der Waals surface area contributed by atoms with E-state index in [-0.39, 0.29) is 5.91 Å². The van der Waals surface area contributed by atoms with E-state index in [1.54, 1.807) is 0 Å². The van der Waals surface area contributed by atoms with Crippen LogP contribution in [0.5, 0.6) is 11.5 Å². The Morgan fingerprint density at radius 3 is 3.04 bits per heavy atom. The van der Waals surface area contributed by atoms with Gasteiger partial charge in [-0.25, -0.2) is 0 Å². The number of carbonyl (C=O) groups is 1. The highest BCUT2D eigenvalue weighted by Gasteiger charge is 2.24. The standard InChI is InChI=1S/C22H28N2O4/c1-16-7-9-19(28-16)12-23-21(25)10-8-17-4-3-11-24(13-17)14-18-5-2-6-20-22(18)27-15-26-20/h2,5-7,9,17H,3-4,8,10-15H2,1H3,(H,23,25)/t17-/m0/s1. The number of carbonyl (C=O) groups excluding carboxylic acids is 1. The number of ether oxygens (including phenoxy) is 2. The number of likely N-dealkylation sites (tertiary alicyclic amines) is 1. The van der Waals surface area contributed by atoms with Crippen LogP contribution in [-0.4, -0.2) is 30.7 Å². The van der Waals surface area contributed by atoms with Crippen molar-refractivity contribution >= 4 is 5.91 Å². The van der Waals surface area contributed by atoms with Crippen LogP contribution >= 0.6 is 0 Å². The largest absolute Gasteiger partial charge is 0.465 e. The molecule has 150 valence electrons. The quantitative estimate of drug-likeness (QED) is 0.790. The van der Waals surface area contributed by atoms with Gasteiger partial charge in [0.25, 0.3) is 0 Å². The second-order valence-electron chi connectivity index (χ2n) is 7.72. The monoisotopic (exact) mass is 384 g/mol. The molecule has 6 nitrogen and oxygen atoms in total. The lowest BCUT2D eigenvalue weighted by Gasteiger charge is -2.32. The Morgan fingerprint density at radius 1 is 1.25 bits per heavy atom. The zero-order valence-electron chi connectivity index (χ0n) is 16.4. The van der Waals surface area contributed by atoms with Gasteiger partial charge in [0, 0.05) is 25.1 Å². The Hall–Kier alpha value is -2.47. The van der Waals surface area contributed by atoms with E-state index >= 15 is 0 Å². The van der Waals surface area contributed by atoms with Crippen molar-refractivity contribution in [2.45, 2.75) is 45.7 Å². The van der Waals surface area contributed by atoms with Crippen molar-refractivity contribution in [3.63, 3.8) is 0 Å². The second-order valence-corrected chi connectivity index (χ2v) is 7.72. The highest BCUT2D eigenvalue weighted by Crippen LogP contribution is 2.36. The number of amides is 1. The number of nitrogens with one attached hydrogen (secondary N) is 1. The van der Waals surface area contributed by atoms with Crippen LogP contribution in [0.15, 0.2) is 34.7 Å². The maximum Gasteiger partial charge on any atom is 0.231 e. The third-order valence-corrected chi connectivity index (χ3v) is 5.51. The molecule has 1 amide bonds. The van der Waals surface area contributed by atoms with Crippen LogP contribution in [-0.2, 0) is 17.9 Å². The van der Waals surface area contributed by atoms with Crippen LogP contribution < -0.4 is 14.8 Å². The molecule has 2 aliphatic heterocycles. The lowest BCUT2D eigenvalue weighted by molar-refractivity contribution is -0.121. The number of furan rings is 1. The minimum absolute atomic E-state index is 0.0950. The Kier molecular flexibility index (Phi) is 5.86. The molecule has 0 aliphatic carbocycles. The van der Waals surface area contributed by atoms with Crippen molar-refractivity contribution in [3.8, 4) is 11.5 Å². The normalized spacial score (nSPS) is 19.0. The molecule has 4 rings (SSSR count). The van der Waals surface area contributed by atoms with Crippen molar-refractivity contribution in [2.75, 3.05) is 19.9 Å². The summed E-state index contributed by atoms with van der Waals surface area (Å²) in [6, 6.07) is 9.91. The topological polar surface area (TPSA) is 63.9 Å². The molecule has 0 saturated carbocycles. The van der Waals surface area contributed by atoms with Gasteiger partial charge in [-0.05, 0) is 56.8 Å². The average Bonchev–Trinajstić information content (AvgIpc) is 3.34. The van der Waals surface area contributed by atoms with Crippen LogP contribution in [0.2, 0.25) is 0 Å². The minimum Gasteiger partial charge on any atom is -0.465 e. The van der Waals surface area contributed by atoms with Crippen molar-refractivity contribution in [1.29, 1.82) is 0 Å². The fourth-order valence-electron chi connectivity index (χ4n) is 4.08. The zero-order chi connectivity index (χ0) is 19.3. The summed E-state index contributed by atoms with van der Waals surface area (Å²) in [7, 11) is 0. The molecule has 1 atom stereocenters. The van der Waals surface area contributed by atoms with Gasteiger partial charge in [0.05, 0.1) is 6.54 Å². The number of rotatable bonds is 7. The van der Waals surface area contributed by atoms with Gasteiger partial charge in [-0.15, -0.1) is 0 Å². The summed E-state index contributed by atoms with van der Waals surface area (Å²) in [5.74, 6) is 4.05. The molecule has 1 aromatic carbocycles. The Bertz CT molecular complexity index is 817. The number of para-hydroxylation sites is 1. The smallest absolute Gasteiger partial charge is 0.231 e. The summed E-state index contributed by atoms with van der Waals surface area (Å²) in [5, 5.41) is 2.95. The first-order chi connectivity index (χ1) is 13.7. The minimum atomic E-state index is 0.0950. The number of aryl methyl sites for hydroxylation is 1. The molecule has 1 saturated heterocycles. The Labute approximate surface area is 165 Å². The summed E-state index contributed by atoms with van der Waals surface area (Å²) in [6.07, 6.45) is 3.85. The highest BCUT2D eigenvalue weighted by molar-refractivity contribution is 5.75. The molecule has 0 unspecified atom stereocenters. The highest BCUT2D eigenvalue weighted by atomic mass is 16.7. The summed E-state index contributed by atoms with van der Waals surface area (Å²) >= 11 is 0. The summed E-state index contributed by atoms with van der Waals surface area (Å²) in [5.41, 5.74) is 1.18. The first-order valence-electron chi connectivity index (χ1n) is 10.1. The van der Waals surface area contributed by atoms with E-state index in [0.717, 1.165) is 49.1 Å². The fraction of sp³-hybridized carbons (Fsp3) is 0.500. The molecule has 2 aromatic rings. The van der Waals surface area contributed by atoms with Crippen LogP contribution in [0.1, 0.15) is 42.8 Å². The van der Waals surface area contributed by atoms with E-state index in [1.165, 1.54) is 18.4 Å². The maximum absolute atomic E-state index is 12.2. The number of fused-ring (bicyclic) bond motifs is 1. The van der Waals surface area contributed by atoms with Gasteiger partial charge in [0.2, 0.25) is 12.7 Å². The third kappa shape index (κ3) is 4.68. The Morgan fingerprint density at radius 2 is 2.18 bits per heavy atom. The van der Waals surface area contributed by atoms with E-state index in [9.17, 15) is 4.79 Å². The van der Waals surface area contributed by atoms with Crippen LogP contribution in [0, 0.1) is 12.8 Å². The fourth-order valence-corrected chi connectivity index (χ4v) is 4.08. The van der Waals surface area contributed by atoms with E-state index in [0.29, 0.717) is 25.7 Å². The number of nitrogens with zero attached hydrogens (tertiary/aromatic N) is 1. The molecule has 1 N–H and O–H groups in total. The van der Waals surface area contributed by atoms with E-state index in [4.69, 9.17) is 13.9 Å². The second kappa shape index (κ2) is 8.69. The molecule has 6 heteroatoms. The van der Waals surface area contributed by atoms with Gasteiger partial charge in [-0.1, -0.05) is 12.1 Å². The van der Waals surface area contributed by atoms with E-state index in [2.05, 4.69) is 16.3 Å². The first kappa shape index (κ1) is 18.9. The van der Waals surface area contributed by atoms with Crippen molar-refractivity contribution < 1.29 is 18.7 Å². The van der Waals surface area contributed by atoms with Gasteiger partial charge >= 0.3 is 0 Å². The summed E-state index contributed by atoms with van der Waals surface area (Å²) < 4.78 is 16.6. The predicted molar refractivity (Wildman–Crippen MR) is 105 cm³/mol. The molecule has 2 aliphatic rings. The number of benzene rings is 1. The molecule has 1 fully saturated rings. The van der Waals surface area contributed by atoms with Gasteiger partial charge < -0.3 is 19.2 Å². The molecule has 0 radical (unpaired) electrons. The molecule has 1 aromatic heterocycles. The van der Waals surface area contributed by atoms with Gasteiger partial charge in [0.15, 0.2) is 11.5 Å². The zero-order valence-corrected chi connectivity index (χ0v) is 16.4. The lowest BCUT2D eigenvalue weighted by Crippen LogP contribution is -2.35. The lowest BCUT2D eigenvalue weighted by atomic mass is 9.93. The van der Waals surface area contributed by atoms with Crippen LogP contribution in [0.25, 0.3) is 0 Å². The van der Waals surface area contributed by atoms with Gasteiger partial charge in [-0.2, -0.15) is 0 Å². The van der Waals surface area contributed by atoms with E-state index in [1.807, 2.05) is 31.2 Å². The molecular formula is C22H28N2O4. The van der Waals surface area contributed by atoms with Crippen molar-refractivity contribution in [1.82, 2.24) is 10.2 Å². The molecule has 3 heterocycles. The van der Waals surface area contributed by atoms with Crippen molar-refractivity contribution in [3.05, 3.63) is 47.4 Å². The van der Waals surface area contributed by atoms with Crippen molar-refractivity contribution in [2.24, 2.45) is 5.92 Å². The van der Waals surface area contributed by atoms with Crippen LogP contribution in [0.4, 0.5) is 0 Å². The van der Waals surface area contributed by atoms with E-state index < -0.39 is 0 Å². The predicted octanol–water partition coefficient (Wildman–Crippen LogP) is 3.63. The molecular weight excluding hydrogens is 356 g/mol. The number of piperidine rings is 1. The third-order valence-electron chi connectivity index (χ3n) is 5.51. The number of hydrogen-bond donors (Lipinski definition) is 1. The SMILES string of the molecule is Cc1ccc(CNC(=O)CC[C@@H]2CCCN(Cc3cccc4c3OCO4)C2)o1. The molecule has 0 spiro atoms. The average molecular weight is 384 g/mol.